The van der Waals surface area contributed by atoms with E-state index in [2.05, 4.69) is 22.5 Å². The highest BCUT2D eigenvalue weighted by Gasteiger charge is 2.18. The largest absolute Gasteiger partial charge is 0.326 e. The fourth-order valence-corrected chi connectivity index (χ4v) is 5.79. The lowest BCUT2D eigenvalue weighted by Crippen LogP contribution is -2.13. The number of thioether (sulfide) groups is 2. The van der Waals surface area contributed by atoms with Crippen LogP contribution in [-0.2, 0) is 18.3 Å². The third-order valence-corrected chi connectivity index (χ3v) is 7.43. The Labute approximate surface area is 151 Å². The van der Waals surface area contributed by atoms with Gasteiger partial charge in [-0.25, -0.2) is 0 Å². The molecule has 0 aliphatic carbocycles. The molecule has 3 rings (SSSR count). The Balaban J connectivity index is 1.59. The average molecular weight is 362 g/mol. The number of benzene rings is 1. The molecule has 0 unspecified atom stereocenters. The molecule has 1 N–H and O–H groups in total. The number of rotatable bonds is 5. The number of aryl methyl sites for hydroxylation is 2. The van der Waals surface area contributed by atoms with Gasteiger partial charge in [-0.15, -0.1) is 23.5 Å². The molecule has 2 heterocycles. The maximum atomic E-state index is 12.3. The maximum Gasteiger partial charge on any atom is 0.224 e. The minimum atomic E-state index is 0.0570. The van der Waals surface area contributed by atoms with Gasteiger partial charge in [-0.3, -0.25) is 9.48 Å². The van der Waals surface area contributed by atoms with Crippen LogP contribution in [0.3, 0.4) is 0 Å². The van der Waals surface area contributed by atoms with Gasteiger partial charge in [0.25, 0.3) is 0 Å². The van der Waals surface area contributed by atoms with Crippen molar-refractivity contribution in [2.75, 3.05) is 16.8 Å². The first-order valence-electron chi connectivity index (χ1n) is 8.16. The summed E-state index contributed by atoms with van der Waals surface area (Å²) in [5, 5.41) is 7.45. The molecule has 1 aliphatic heterocycles. The Hall–Kier alpha value is -1.40. The Morgan fingerprint density at radius 3 is 2.75 bits per heavy atom. The van der Waals surface area contributed by atoms with Crippen LogP contribution in [0.15, 0.2) is 24.3 Å². The van der Waals surface area contributed by atoms with Gasteiger partial charge in [0.05, 0.1) is 10.3 Å². The number of hydrogen-bond donors (Lipinski definition) is 1. The molecule has 1 aromatic carbocycles. The zero-order chi connectivity index (χ0) is 17.1. The highest BCUT2D eigenvalue weighted by Crippen LogP contribution is 2.45. The van der Waals surface area contributed by atoms with Crippen molar-refractivity contribution < 1.29 is 4.79 Å². The summed E-state index contributed by atoms with van der Waals surface area (Å²) in [5.74, 6) is 2.47. The summed E-state index contributed by atoms with van der Waals surface area (Å²) in [6.07, 6.45) is 1.20. The number of carbonyl (C=O) groups excluding carboxylic acids is 1. The molecule has 1 saturated heterocycles. The minimum Gasteiger partial charge on any atom is -0.326 e. The molecule has 0 atom stereocenters. The van der Waals surface area contributed by atoms with E-state index in [-0.39, 0.29) is 5.91 Å². The summed E-state index contributed by atoms with van der Waals surface area (Å²) in [6.45, 7) is 4.05. The Morgan fingerprint density at radius 1 is 1.33 bits per heavy atom. The molecule has 6 heteroatoms. The van der Waals surface area contributed by atoms with Crippen molar-refractivity contribution in [1.82, 2.24) is 9.78 Å². The van der Waals surface area contributed by atoms with Crippen LogP contribution in [0.25, 0.3) is 0 Å². The molecular weight excluding hydrogens is 338 g/mol. The fourth-order valence-electron chi connectivity index (χ4n) is 2.96. The van der Waals surface area contributed by atoms with E-state index >= 15 is 0 Å². The van der Waals surface area contributed by atoms with Crippen molar-refractivity contribution in [2.45, 2.75) is 31.3 Å². The zero-order valence-corrected chi connectivity index (χ0v) is 16.0. The van der Waals surface area contributed by atoms with Gasteiger partial charge in [-0.1, -0.05) is 12.1 Å². The quantitative estimate of drug-likeness (QED) is 0.871. The van der Waals surface area contributed by atoms with Crippen LogP contribution < -0.4 is 5.32 Å². The van der Waals surface area contributed by atoms with Gasteiger partial charge in [0.2, 0.25) is 5.91 Å². The average Bonchev–Trinajstić information content (AvgIpc) is 3.16. The van der Waals surface area contributed by atoms with Crippen molar-refractivity contribution in [3.05, 3.63) is 46.8 Å². The minimum absolute atomic E-state index is 0.0570. The number of nitrogens with one attached hydrogen (secondary N) is 1. The Bertz CT molecular complexity index is 736. The first-order valence-corrected chi connectivity index (χ1v) is 10.3. The van der Waals surface area contributed by atoms with Gasteiger partial charge in [0.15, 0.2) is 0 Å². The predicted molar refractivity (Wildman–Crippen MR) is 104 cm³/mol. The van der Waals surface area contributed by atoms with Crippen LogP contribution in [0.4, 0.5) is 5.69 Å². The summed E-state index contributed by atoms with van der Waals surface area (Å²) in [4.78, 5) is 12.3. The molecule has 0 bridgehead atoms. The van der Waals surface area contributed by atoms with E-state index < -0.39 is 0 Å². The Kier molecular flexibility index (Phi) is 5.56. The highest BCUT2D eigenvalue weighted by atomic mass is 32.2. The van der Waals surface area contributed by atoms with Gasteiger partial charge in [-0.2, -0.15) is 5.10 Å². The van der Waals surface area contributed by atoms with Crippen molar-refractivity contribution in [3.63, 3.8) is 0 Å². The van der Waals surface area contributed by atoms with Crippen molar-refractivity contribution in [3.8, 4) is 0 Å². The van der Waals surface area contributed by atoms with Gasteiger partial charge in [-0.05, 0) is 43.5 Å². The number of hydrogen-bond acceptors (Lipinski definition) is 4. The van der Waals surface area contributed by atoms with Crippen LogP contribution in [0, 0.1) is 13.8 Å². The molecule has 24 heavy (non-hydrogen) atoms. The van der Waals surface area contributed by atoms with Crippen LogP contribution in [0.5, 0.6) is 0 Å². The molecule has 0 spiro atoms. The molecule has 0 radical (unpaired) electrons. The normalized spacial score (nSPS) is 15.0. The van der Waals surface area contributed by atoms with Gasteiger partial charge in [0.1, 0.15) is 0 Å². The highest BCUT2D eigenvalue weighted by molar-refractivity contribution is 8.19. The topological polar surface area (TPSA) is 46.9 Å². The van der Waals surface area contributed by atoms with E-state index in [1.807, 2.05) is 61.2 Å². The fraction of sp³-hybridized carbons (Fsp3) is 0.444. The molecule has 1 aliphatic rings. The number of carbonyl (C=O) groups is 1. The van der Waals surface area contributed by atoms with E-state index in [0.717, 1.165) is 23.5 Å². The van der Waals surface area contributed by atoms with E-state index in [4.69, 9.17) is 0 Å². The summed E-state index contributed by atoms with van der Waals surface area (Å²) < 4.78 is 2.38. The summed E-state index contributed by atoms with van der Waals surface area (Å²) in [7, 11) is 1.94. The lowest BCUT2D eigenvalue weighted by atomic mass is 10.1. The Morgan fingerprint density at radius 2 is 2.08 bits per heavy atom. The second kappa shape index (κ2) is 7.66. The van der Waals surface area contributed by atoms with Crippen molar-refractivity contribution in [1.29, 1.82) is 0 Å². The standard InChI is InChI=1S/C18H23N3OS2/c1-12-16(13(2)21(3)20-12)7-8-17(22)19-15-6-4-5-14(11-15)18-23-9-10-24-18/h4-6,11,18H,7-10H2,1-3H3,(H,19,22). The number of anilines is 1. The van der Waals surface area contributed by atoms with E-state index in [0.29, 0.717) is 11.0 Å². The SMILES string of the molecule is Cc1nn(C)c(C)c1CCC(=O)Nc1cccc(C2SCCS2)c1. The summed E-state index contributed by atoms with van der Waals surface area (Å²) >= 11 is 3.95. The van der Waals surface area contributed by atoms with E-state index in [1.54, 1.807) is 0 Å². The number of aromatic nitrogens is 2. The molecule has 128 valence electrons. The van der Waals surface area contributed by atoms with E-state index in [1.165, 1.54) is 22.6 Å². The number of nitrogens with zero attached hydrogens (tertiary/aromatic N) is 2. The lowest BCUT2D eigenvalue weighted by molar-refractivity contribution is -0.116. The van der Waals surface area contributed by atoms with Crippen LogP contribution in [-0.4, -0.2) is 27.2 Å². The van der Waals surface area contributed by atoms with E-state index in [9.17, 15) is 4.79 Å². The molecule has 0 saturated carbocycles. The lowest BCUT2D eigenvalue weighted by Gasteiger charge is -2.11. The van der Waals surface area contributed by atoms with Crippen LogP contribution in [0.2, 0.25) is 0 Å². The molecule has 2 aromatic rings. The van der Waals surface area contributed by atoms with Crippen molar-refractivity contribution in [2.24, 2.45) is 7.05 Å². The predicted octanol–water partition coefficient (Wildman–Crippen LogP) is 4.09. The van der Waals surface area contributed by atoms with Crippen molar-refractivity contribution >= 4 is 35.1 Å². The second-order valence-electron chi connectivity index (χ2n) is 6.02. The third-order valence-electron chi connectivity index (χ3n) is 4.33. The third kappa shape index (κ3) is 3.98. The molecule has 1 amide bonds. The first-order chi connectivity index (χ1) is 11.5. The molecule has 1 fully saturated rings. The van der Waals surface area contributed by atoms with Crippen LogP contribution >= 0.6 is 23.5 Å². The monoisotopic (exact) mass is 361 g/mol. The molecule has 1 aromatic heterocycles. The van der Waals surface area contributed by atoms with Gasteiger partial charge in [0, 0.05) is 36.4 Å². The molecular formula is C18H23N3OS2. The van der Waals surface area contributed by atoms with Crippen LogP contribution in [0.1, 0.15) is 33.5 Å². The first kappa shape index (κ1) is 17.4. The van der Waals surface area contributed by atoms with Gasteiger partial charge >= 0.3 is 0 Å². The zero-order valence-electron chi connectivity index (χ0n) is 14.3. The summed E-state index contributed by atoms with van der Waals surface area (Å²) in [6, 6.07) is 8.24. The molecule has 4 nitrogen and oxygen atoms in total. The number of amides is 1. The second-order valence-corrected chi connectivity index (χ2v) is 8.74. The summed E-state index contributed by atoms with van der Waals surface area (Å²) in [5.41, 5.74) is 5.52. The van der Waals surface area contributed by atoms with Gasteiger partial charge < -0.3 is 5.32 Å². The smallest absolute Gasteiger partial charge is 0.224 e. The maximum absolute atomic E-state index is 12.3.